The normalized spacial score (nSPS) is 16.0. The van der Waals surface area contributed by atoms with E-state index in [4.69, 9.17) is 4.74 Å². The standard InChI is InChI=1S/C15H18O/c1-3-16-15-11-7-6-10-14(15)12(2)13-8-4-5-9-13/h4,6-12H,3,5H2,1-2H3. The average Bonchev–Trinajstić information content (AvgIpc) is 2.83. The predicted octanol–water partition coefficient (Wildman–Crippen LogP) is 4.08. The van der Waals surface area contributed by atoms with Crippen LogP contribution in [0.4, 0.5) is 0 Å². The van der Waals surface area contributed by atoms with Gasteiger partial charge in [-0.15, -0.1) is 0 Å². The zero-order valence-corrected chi connectivity index (χ0v) is 9.94. The highest BCUT2D eigenvalue weighted by Gasteiger charge is 2.14. The molecule has 0 saturated heterocycles. The third-order valence-corrected chi connectivity index (χ3v) is 2.99. The van der Waals surface area contributed by atoms with Crippen molar-refractivity contribution in [3.05, 3.63) is 53.6 Å². The van der Waals surface area contributed by atoms with Gasteiger partial charge in [-0.1, -0.05) is 43.4 Å². The second-order valence-electron chi connectivity index (χ2n) is 4.03. The van der Waals surface area contributed by atoms with Crippen LogP contribution < -0.4 is 4.74 Å². The van der Waals surface area contributed by atoms with Gasteiger partial charge in [-0.05, 0) is 25.0 Å². The van der Waals surface area contributed by atoms with Crippen LogP contribution in [0, 0.1) is 0 Å². The maximum absolute atomic E-state index is 5.67. The molecule has 0 spiro atoms. The molecule has 1 aliphatic rings. The maximum atomic E-state index is 5.67. The van der Waals surface area contributed by atoms with Gasteiger partial charge in [0.05, 0.1) is 6.61 Å². The molecule has 16 heavy (non-hydrogen) atoms. The molecular formula is C15H18O. The van der Waals surface area contributed by atoms with Gasteiger partial charge in [0.15, 0.2) is 0 Å². The van der Waals surface area contributed by atoms with Crippen molar-refractivity contribution in [3.8, 4) is 5.75 Å². The van der Waals surface area contributed by atoms with Crippen molar-refractivity contribution in [1.29, 1.82) is 0 Å². The molecule has 1 atom stereocenters. The lowest BCUT2D eigenvalue weighted by molar-refractivity contribution is 0.335. The quantitative estimate of drug-likeness (QED) is 0.734. The first-order chi connectivity index (χ1) is 7.83. The highest BCUT2D eigenvalue weighted by atomic mass is 16.5. The van der Waals surface area contributed by atoms with E-state index in [0.29, 0.717) is 5.92 Å². The van der Waals surface area contributed by atoms with Gasteiger partial charge in [-0.3, -0.25) is 0 Å². The number of rotatable bonds is 4. The van der Waals surface area contributed by atoms with E-state index in [1.165, 1.54) is 11.1 Å². The zero-order chi connectivity index (χ0) is 11.4. The first-order valence-electron chi connectivity index (χ1n) is 5.91. The lowest BCUT2D eigenvalue weighted by atomic mass is 9.93. The summed E-state index contributed by atoms with van der Waals surface area (Å²) in [6, 6.07) is 8.31. The van der Waals surface area contributed by atoms with Crippen molar-refractivity contribution >= 4 is 0 Å². The molecule has 0 bridgehead atoms. The van der Waals surface area contributed by atoms with Gasteiger partial charge in [0, 0.05) is 11.5 Å². The molecule has 1 heteroatoms. The first kappa shape index (κ1) is 11.0. The summed E-state index contributed by atoms with van der Waals surface area (Å²) in [5, 5.41) is 0. The van der Waals surface area contributed by atoms with Crippen LogP contribution in [0.15, 0.2) is 48.1 Å². The summed E-state index contributed by atoms with van der Waals surface area (Å²) in [6.07, 6.45) is 7.77. The topological polar surface area (TPSA) is 9.23 Å². The van der Waals surface area contributed by atoms with E-state index < -0.39 is 0 Å². The van der Waals surface area contributed by atoms with Crippen LogP contribution in [0.2, 0.25) is 0 Å². The Morgan fingerprint density at radius 3 is 2.81 bits per heavy atom. The van der Waals surface area contributed by atoms with Gasteiger partial charge in [0.1, 0.15) is 5.75 Å². The molecule has 1 aliphatic carbocycles. The predicted molar refractivity (Wildman–Crippen MR) is 67.9 cm³/mol. The highest BCUT2D eigenvalue weighted by Crippen LogP contribution is 2.33. The number of hydrogen-bond donors (Lipinski definition) is 0. The van der Waals surface area contributed by atoms with Crippen molar-refractivity contribution in [2.24, 2.45) is 0 Å². The minimum absolute atomic E-state index is 0.418. The molecule has 0 heterocycles. The Morgan fingerprint density at radius 1 is 1.31 bits per heavy atom. The second-order valence-corrected chi connectivity index (χ2v) is 4.03. The van der Waals surface area contributed by atoms with E-state index in [-0.39, 0.29) is 0 Å². The molecule has 0 radical (unpaired) electrons. The third-order valence-electron chi connectivity index (χ3n) is 2.99. The summed E-state index contributed by atoms with van der Waals surface area (Å²) >= 11 is 0. The second kappa shape index (κ2) is 5.02. The monoisotopic (exact) mass is 214 g/mol. The number of allylic oxidation sites excluding steroid dienone is 4. The lowest BCUT2D eigenvalue weighted by Crippen LogP contribution is -2.01. The number of hydrogen-bond acceptors (Lipinski definition) is 1. The van der Waals surface area contributed by atoms with Crippen molar-refractivity contribution in [2.45, 2.75) is 26.2 Å². The lowest BCUT2D eigenvalue weighted by Gasteiger charge is -2.16. The summed E-state index contributed by atoms with van der Waals surface area (Å²) in [6.45, 7) is 4.98. The SMILES string of the molecule is CCOc1ccccc1C(C)C1=CCC=C1. The summed E-state index contributed by atoms with van der Waals surface area (Å²) in [5.74, 6) is 1.43. The van der Waals surface area contributed by atoms with Gasteiger partial charge in [-0.25, -0.2) is 0 Å². The molecule has 1 nitrogen and oxygen atoms in total. The van der Waals surface area contributed by atoms with E-state index in [1.807, 2.05) is 13.0 Å². The van der Waals surface area contributed by atoms with Crippen LogP contribution in [0.5, 0.6) is 5.75 Å². The van der Waals surface area contributed by atoms with Crippen LogP contribution in [0.1, 0.15) is 31.7 Å². The minimum atomic E-state index is 0.418. The fraction of sp³-hybridized carbons (Fsp3) is 0.333. The summed E-state index contributed by atoms with van der Waals surface area (Å²) in [5.41, 5.74) is 2.68. The Labute approximate surface area is 97.4 Å². The van der Waals surface area contributed by atoms with Crippen molar-refractivity contribution in [2.75, 3.05) is 6.61 Å². The van der Waals surface area contributed by atoms with Crippen LogP contribution in [-0.4, -0.2) is 6.61 Å². The average molecular weight is 214 g/mol. The summed E-state index contributed by atoms with van der Waals surface area (Å²) in [7, 11) is 0. The van der Waals surface area contributed by atoms with Crippen LogP contribution in [0.3, 0.4) is 0 Å². The van der Waals surface area contributed by atoms with E-state index in [9.17, 15) is 0 Å². The van der Waals surface area contributed by atoms with Gasteiger partial charge < -0.3 is 4.74 Å². The maximum Gasteiger partial charge on any atom is 0.123 e. The number of benzene rings is 1. The van der Waals surface area contributed by atoms with Crippen LogP contribution in [-0.2, 0) is 0 Å². The molecule has 0 amide bonds. The fourth-order valence-electron chi connectivity index (χ4n) is 2.10. The van der Waals surface area contributed by atoms with Gasteiger partial charge in [-0.2, -0.15) is 0 Å². The van der Waals surface area contributed by atoms with Crippen molar-refractivity contribution < 1.29 is 4.74 Å². The Bertz CT molecular complexity index is 415. The molecule has 1 unspecified atom stereocenters. The van der Waals surface area contributed by atoms with Gasteiger partial charge in [0.2, 0.25) is 0 Å². The highest BCUT2D eigenvalue weighted by molar-refractivity contribution is 5.44. The Balaban J connectivity index is 2.28. The molecule has 1 aromatic rings. The van der Waals surface area contributed by atoms with Crippen molar-refractivity contribution in [1.82, 2.24) is 0 Å². The summed E-state index contributed by atoms with van der Waals surface area (Å²) in [4.78, 5) is 0. The van der Waals surface area contributed by atoms with Gasteiger partial charge in [0.25, 0.3) is 0 Å². The Kier molecular flexibility index (Phi) is 3.45. The van der Waals surface area contributed by atoms with Gasteiger partial charge >= 0.3 is 0 Å². The smallest absolute Gasteiger partial charge is 0.123 e. The minimum Gasteiger partial charge on any atom is -0.494 e. The molecule has 0 aliphatic heterocycles. The largest absolute Gasteiger partial charge is 0.494 e. The Morgan fingerprint density at radius 2 is 2.12 bits per heavy atom. The molecule has 0 N–H and O–H groups in total. The van der Waals surface area contributed by atoms with E-state index in [2.05, 4.69) is 43.4 Å². The molecule has 2 rings (SSSR count). The molecular weight excluding hydrogens is 196 g/mol. The van der Waals surface area contributed by atoms with Crippen LogP contribution in [0.25, 0.3) is 0 Å². The first-order valence-corrected chi connectivity index (χ1v) is 5.91. The number of ether oxygens (including phenoxy) is 1. The molecule has 0 aromatic heterocycles. The molecule has 1 aromatic carbocycles. The van der Waals surface area contributed by atoms with Crippen LogP contribution >= 0.6 is 0 Å². The van der Waals surface area contributed by atoms with Crippen molar-refractivity contribution in [3.63, 3.8) is 0 Å². The van der Waals surface area contributed by atoms with E-state index >= 15 is 0 Å². The molecule has 0 fully saturated rings. The summed E-state index contributed by atoms with van der Waals surface area (Å²) < 4.78 is 5.67. The van der Waals surface area contributed by atoms with E-state index in [1.54, 1.807) is 0 Å². The molecule has 0 saturated carbocycles. The fourth-order valence-corrected chi connectivity index (χ4v) is 2.10. The zero-order valence-electron chi connectivity index (χ0n) is 9.94. The number of para-hydroxylation sites is 1. The van der Waals surface area contributed by atoms with E-state index in [0.717, 1.165) is 18.8 Å². The Hall–Kier alpha value is -1.50. The molecule has 84 valence electrons. The third kappa shape index (κ3) is 2.19.